The van der Waals surface area contributed by atoms with Gasteiger partial charge in [0, 0.05) is 13.2 Å². The minimum absolute atomic E-state index is 0.0316. The van der Waals surface area contributed by atoms with Gasteiger partial charge in [-0.25, -0.2) is 0 Å². The monoisotopic (exact) mass is 289 g/mol. The maximum atomic E-state index is 6.05. The first-order valence-electron chi connectivity index (χ1n) is 8.46. The van der Waals surface area contributed by atoms with Gasteiger partial charge in [0.05, 0.1) is 5.60 Å². The second kappa shape index (κ2) is 7.42. The van der Waals surface area contributed by atoms with Crippen LogP contribution in [0.1, 0.15) is 55.7 Å². The Morgan fingerprint density at radius 2 is 1.81 bits per heavy atom. The average molecular weight is 289 g/mol. The summed E-state index contributed by atoms with van der Waals surface area (Å²) in [7, 11) is 1.90. The molecule has 1 aliphatic rings. The third kappa shape index (κ3) is 3.67. The quantitative estimate of drug-likeness (QED) is 0.813. The van der Waals surface area contributed by atoms with Crippen LogP contribution in [0.5, 0.6) is 0 Å². The van der Waals surface area contributed by atoms with Gasteiger partial charge < -0.3 is 10.1 Å². The summed E-state index contributed by atoms with van der Waals surface area (Å²) in [6.07, 6.45) is 7.22. The third-order valence-electron chi connectivity index (χ3n) is 5.18. The number of hydrogen-bond donors (Lipinski definition) is 1. The summed E-state index contributed by atoms with van der Waals surface area (Å²) < 4.78 is 6.05. The van der Waals surface area contributed by atoms with Crippen molar-refractivity contribution in [2.45, 2.75) is 70.9 Å². The van der Waals surface area contributed by atoms with E-state index in [0.29, 0.717) is 6.04 Å². The number of hydrogen-bond acceptors (Lipinski definition) is 2. The Hall–Kier alpha value is -0.860. The third-order valence-corrected chi connectivity index (χ3v) is 5.18. The normalized spacial score (nSPS) is 18.9. The first kappa shape index (κ1) is 16.5. The Morgan fingerprint density at radius 1 is 1.19 bits per heavy atom. The molecule has 1 aliphatic carbocycles. The van der Waals surface area contributed by atoms with Crippen LogP contribution in [-0.2, 0) is 11.2 Å². The Morgan fingerprint density at radius 3 is 2.33 bits per heavy atom. The van der Waals surface area contributed by atoms with E-state index >= 15 is 0 Å². The van der Waals surface area contributed by atoms with Crippen molar-refractivity contribution in [2.75, 3.05) is 13.7 Å². The van der Waals surface area contributed by atoms with Crippen LogP contribution < -0.4 is 5.32 Å². The topological polar surface area (TPSA) is 21.3 Å². The first-order chi connectivity index (χ1) is 10.1. The van der Waals surface area contributed by atoms with Crippen LogP contribution in [-0.4, -0.2) is 25.3 Å². The Bertz CT molecular complexity index is 429. The largest absolute Gasteiger partial charge is 0.377 e. The number of methoxy groups -OCH3 is 1. The summed E-state index contributed by atoms with van der Waals surface area (Å²) in [5.74, 6) is 0. The maximum Gasteiger partial charge on any atom is 0.0834 e. The molecule has 0 amide bonds. The molecule has 2 heteroatoms. The summed E-state index contributed by atoms with van der Waals surface area (Å²) in [6, 6.07) is 7.04. The molecule has 0 aromatic heterocycles. The molecule has 1 atom stereocenters. The zero-order chi connectivity index (χ0) is 15.3. The number of benzene rings is 1. The number of ether oxygens (including phenoxy) is 1. The summed E-state index contributed by atoms with van der Waals surface area (Å²) in [5.41, 5.74) is 4.34. The minimum atomic E-state index is 0.0316. The molecule has 0 radical (unpaired) electrons. The summed E-state index contributed by atoms with van der Waals surface area (Å²) >= 11 is 0. The van der Waals surface area contributed by atoms with Crippen molar-refractivity contribution in [2.24, 2.45) is 0 Å². The highest BCUT2D eigenvalue weighted by molar-refractivity contribution is 5.34. The van der Waals surface area contributed by atoms with Gasteiger partial charge in [-0.05, 0) is 62.8 Å². The standard InChI is InChI=1S/C19H31NO/c1-5-13-20-18(19(21-4)11-6-7-12-19)14-17-15(2)9-8-10-16(17)3/h8-10,18,20H,5-7,11-14H2,1-4H3. The Kier molecular flexibility index (Phi) is 5.83. The van der Waals surface area contributed by atoms with Gasteiger partial charge in [-0.1, -0.05) is 38.0 Å². The van der Waals surface area contributed by atoms with Crippen molar-refractivity contribution in [1.82, 2.24) is 5.32 Å². The van der Waals surface area contributed by atoms with Crippen molar-refractivity contribution in [3.05, 3.63) is 34.9 Å². The van der Waals surface area contributed by atoms with Gasteiger partial charge in [-0.15, -0.1) is 0 Å². The zero-order valence-electron chi connectivity index (χ0n) is 14.2. The van der Waals surface area contributed by atoms with E-state index in [9.17, 15) is 0 Å². The molecule has 0 spiro atoms. The summed E-state index contributed by atoms with van der Waals surface area (Å²) in [4.78, 5) is 0. The van der Waals surface area contributed by atoms with Gasteiger partial charge in [0.15, 0.2) is 0 Å². The lowest BCUT2D eigenvalue weighted by Crippen LogP contribution is -2.52. The lowest BCUT2D eigenvalue weighted by Gasteiger charge is -2.38. The van der Waals surface area contributed by atoms with Crippen LogP contribution in [0.3, 0.4) is 0 Å². The van der Waals surface area contributed by atoms with Crippen molar-refractivity contribution in [3.63, 3.8) is 0 Å². The summed E-state index contributed by atoms with van der Waals surface area (Å²) in [6.45, 7) is 7.76. The molecular weight excluding hydrogens is 258 g/mol. The SMILES string of the molecule is CCCNC(Cc1c(C)cccc1C)C1(OC)CCCC1. The molecule has 2 rings (SSSR count). The van der Waals surface area contributed by atoms with Crippen LogP contribution in [0.15, 0.2) is 18.2 Å². The predicted octanol–water partition coefficient (Wildman–Crippen LogP) is 4.17. The molecule has 0 aliphatic heterocycles. The van der Waals surface area contributed by atoms with Crippen molar-refractivity contribution in [1.29, 1.82) is 0 Å². The highest BCUT2D eigenvalue weighted by atomic mass is 16.5. The van der Waals surface area contributed by atoms with E-state index in [4.69, 9.17) is 4.74 Å². The molecule has 118 valence electrons. The molecule has 0 heterocycles. The lowest BCUT2D eigenvalue weighted by molar-refractivity contribution is -0.0355. The van der Waals surface area contributed by atoms with Gasteiger partial charge in [0.25, 0.3) is 0 Å². The number of aryl methyl sites for hydroxylation is 2. The van der Waals surface area contributed by atoms with Crippen molar-refractivity contribution in [3.8, 4) is 0 Å². The van der Waals surface area contributed by atoms with Gasteiger partial charge in [0.1, 0.15) is 0 Å². The van der Waals surface area contributed by atoms with E-state index < -0.39 is 0 Å². The van der Waals surface area contributed by atoms with Gasteiger partial charge >= 0.3 is 0 Å². The van der Waals surface area contributed by atoms with E-state index in [1.54, 1.807) is 0 Å². The van der Waals surface area contributed by atoms with Crippen LogP contribution in [0.2, 0.25) is 0 Å². The molecule has 1 saturated carbocycles. The van der Waals surface area contributed by atoms with Gasteiger partial charge in [0.2, 0.25) is 0 Å². The Balaban J connectivity index is 2.24. The molecule has 1 unspecified atom stereocenters. The van der Waals surface area contributed by atoms with Crippen LogP contribution in [0.25, 0.3) is 0 Å². The lowest BCUT2D eigenvalue weighted by atomic mass is 9.85. The second-order valence-corrected chi connectivity index (χ2v) is 6.56. The second-order valence-electron chi connectivity index (χ2n) is 6.56. The fraction of sp³-hybridized carbons (Fsp3) is 0.684. The average Bonchev–Trinajstić information content (AvgIpc) is 2.96. The fourth-order valence-electron chi connectivity index (χ4n) is 3.81. The van der Waals surface area contributed by atoms with Crippen molar-refractivity contribution >= 4 is 0 Å². The van der Waals surface area contributed by atoms with E-state index in [0.717, 1.165) is 13.0 Å². The predicted molar refractivity (Wildman–Crippen MR) is 89.9 cm³/mol. The molecule has 2 nitrogen and oxygen atoms in total. The van der Waals surface area contributed by atoms with E-state index in [2.05, 4.69) is 44.3 Å². The zero-order valence-corrected chi connectivity index (χ0v) is 14.2. The minimum Gasteiger partial charge on any atom is -0.377 e. The molecular formula is C19H31NO. The van der Waals surface area contributed by atoms with E-state index in [1.165, 1.54) is 48.8 Å². The van der Waals surface area contributed by atoms with Gasteiger partial charge in [-0.2, -0.15) is 0 Å². The Labute approximate surface area is 130 Å². The molecule has 1 fully saturated rings. The molecule has 0 saturated heterocycles. The van der Waals surface area contributed by atoms with Crippen LogP contribution >= 0.6 is 0 Å². The summed E-state index contributed by atoms with van der Waals surface area (Å²) in [5, 5.41) is 3.78. The van der Waals surface area contributed by atoms with E-state index in [-0.39, 0.29) is 5.60 Å². The van der Waals surface area contributed by atoms with Gasteiger partial charge in [-0.3, -0.25) is 0 Å². The molecule has 1 N–H and O–H groups in total. The first-order valence-corrected chi connectivity index (χ1v) is 8.46. The van der Waals surface area contributed by atoms with E-state index in [1.807, 2.05) is 7.11 Å². The van der Waals surface area contributed by atoms with Crippen LogP contribution in [0, 0.1) is 13.8 Å². The fourth-order valence-corrected chi connectivity index (χ4v) is 3.81. The molecule has 1 aromatic rings. The highest BCUT2D eigenvalue weighted by Gasteiger charge is 2.41. The number of rotatable bonds is 7. The number of nitrogens with one attached hydrogen (secondary N) is 1. The van der Waals surface area contributed by atoms with Crippen molar-refractivity contribution < 1.29 is 4.74 Å². The molecule has 1 aromatic carbocycles. The maximum absolute atomic E-state index is 6.05. The molecule has 21 heavy (non-hydrogen) atoms. The smallest absolute Gasteiger partial charge is 0.0834 e. The van der Waals surface area contributed by atoms with Crippen LogP contribution in [0.4, 0.5) is 0 Å². The highest BCUT2D eigenvalue weighted by Crippen LogP contribution is 2.37. The molecule has 0 bridgehead atoms.